The number of nitrogens with one attached hydrogen (secondary N) is 1. The van der Waals surface area contributed by atoms with Gasteiger partial charge in [-0.3, -0.25) is 9.78 Å². The van der Waals surface area contributed by atoms with Gasteiger partial charge in [0.25, 0.3) is 5.91 Å². The number of nitrogen functional groups attached to an aromatic ring is 1. The molecule has 2 aromatic carbocycles. The molecule has 1 amide bonds. The smallest absolute Gasteiger partial charge is 0.274 e. The first-order valence-corrected chi connectivity index (χ1v) is 6.49. The molecule has 1 heterocycles. The molecule has 5 nitrogen and oxygen atoms in total. The summed E-state index contributed by atoms with van der Waals surface area (Å²) in [6, 6.07) is 10.1. The highest BCUT2D eigenvalue weighted by Crippen LogP contribution is 2.25. The molecule has 0 saturated carbocycles. The maximum Gasteiger partial charge on any atom is 0.274 e. The summed E-state index contributed by atoms with van der Waals surface area (Å²) in [5.41, 5.74) is 6.48. The van der Waals surface area contributed by atoms with Gasteiger partial charge in [0.15, 0.2) is 0 Å². The van der Waals surface area contributed by atoms with Crippen LogP contribution in [0, 0.1) is 5.82 Å². The third-order valence-electron chi connectivity index (χ3n) is 3.20. The summed E-state index contributed by atoms with van der Waals surface area (Å²) < 4.78 is 13.5. The normalized spacial score (nSPS) is 10.6. The fourth-order valence-corrected chi connectivity index (χ4v) is 2.23. The molecule has 110 valence electrons. The predicted molar refractivity (Wildman–Crippen MR) is 82.2 cm³/mol. The second-order valence-electron chi connectivity index (χ2n) is 4.75. The highest BCUT2D eigenvalue weighted by Gasteiger charge is 2.14. The number of phenolic OH excluding ortho intramolecular Hbond substituents is 1. The SMILES string of the molecule is Nc1cc(F)cc2c(C(=O)Nc3cccc(O)c3)nccc12. The van der Waals surface area contributed by atoms with Crippen LogP contribution < -0.4 is 11.1 Å². The molecule has 0 fully saturated rings. The summed E-state index contributed by atoms with van der Waals surface area (Å²) in [4.78, 5) is 16.4. The van der Waals surface area contributed by atoms with Gasteiger partial charge < -0.3 is 16.2 Å². The Balaban J connectivity index is 2.04. The van der Waals surface area contributed by atoms with E-state index in [1.165, 1.54) is 30.5 Å². The van der Waals surface area contributed by atoms with E-state index in [1.54, 1.807) is 18.2 Å². The van der Waals surface area contributed by atoms with Gasteiger partial charge in [-0.05, 0) is 30.3 Å². The number of nitrogens with two attached hydrogens (primary N) is 1. The number of phenols is 1. The molecule has 0 aliphatic heterocycles. The molecule has 6 heteroatoms. The maximum atomic E-state index is 13.5. The molecule has 0 atom stereocenters. The van der Waals surface area contributed by atoms with Crippen molar-refractivity contribution in [3.05, 3.63) is 60.2 Å². The molecule has 22 heavy (non-hydrogen) atoms. The number of hydrogen-bond acceptors (Lipinski definition) is 4. The van der Waals surface area contributed by atoms with Crippen LogP contribution in [-0.4, -0.2) is 16.0 Å². The van der Waals surface area contributed by atoms with Crippen LogP contribution in [0.4, 0.5) is 15.8 Å². The van der Waals surface area contributed by atoms with Crippen molar-refractivity contribution in [2.75, 3.05) is 11.1 Å². The lowest BCUT2D eigenvalue weighted by Gasteiger charge is -2.09. The van der Waals surface area contributed by atoms with Crippen molar-refractivity contribution in [3.8, 4) is 5.75 Å². The number of aromatic hydroxyl groups is 1. The Bertz CT molecular complexity index is 880. The predicted octanol–water partition coefficient (Wildman–Crippen LogP) is 2.91. The van der Waals surface area contributed by atoms with Gasteiger partial charge in [0.05, 0.1) is 0 Å². The van der Waals surface area contributed by atoms with Crippen molar-refractivity contribution >= 4 is 28.1 Å². The van der Waals surface area contributed by atoms with Crippen LogP contribution in [0.3, 0.4) is 0 Å². The molecule has 4 N–H and O–H groups in total. The summed E-state index contributed by atoms with van der Waals surface area (Å²) in [7, 11) is 0. The standard InChI is InChI=1S/C16H12FN3O2/c17-9-6-13-12(14(18)7-9)4-5-19-15(13)16(22)20-10-2-1-3-11(21)8-10/h1-8,21H,18H2,(H,20,22). The number of rotatable bonds is 2. The van der Waals surface area contributed by atoms with Crippen molar-refractivity contribution in [1.82, 2.24) is 4.98 Å². The lowest BCUT2D eigenvalue weighted by Crippen LogP contribution is -2.14. The zero-order valence-corrected chi connectivity index (χ0v) is 11.4. The van der Waals surface area contributed by atoms with Gasteiger partial charge in [-0.2, -0.15) is 0 Å². The van der Waals surface area contributed by atoms with Crippen LogP contribution in [0.15, 0.2) is 48.7 Å². The minimum absolute atomic E-state index is 0.0268. The number of pyridine rings is 1. The van der Waals surface area contributed by atoms with E-state index in [2.05, 4.69) is 10.3 Å². The Kier molecular flexibility index (Phi) is 3.34. The fraction of sp³-hybridized carbons (Fsp3) is 0. The largest absolute Gasteiger partial charge is 0.508 e. The van der Waals surface area contributed by atoms with E-state index < -0.39 is 11.7 Å². The number of hydrogen-bond donors (Lipinski definition) is 3. The molecule has 0 aliphatic rings. The van der Waals surface area contributed by atoms with Crippen molar-refractivity contribution in [3.63, 3.8) is 0 Å². The Labute approximate surface area is 125 Å². The molecule has 0 bridgehead atoms. The van der Waals surface area contributed by atoms with Crippen LogP contribution in [-0.2, 0) is 0 Å². The highest BCUT2D eigenvalue weighted by molar-refractivity contribution is 6.13. The van der Waals surface area contributed by atoms with E-state index >= 15 is 0 Å². The average Bonchev–Trinajstić information content (AvgIpc) is 2.46. The van der Waals surface area contributed by atoms with Gasteiger partial charge in [0.2, 0.25) is 0 Å². The van der Waals surface area contributed by atoms with E-state index in [-0.39, 0.29) is 17.1 Å². The topological polar surface area (TPSA) is 88.2 Å². The van der Waals surface area contributed by atoms with E-state index in [0.29, 0.717) is 16.5 Å². The molecule has 0 spiro atoms. The first-order valence-electron chi connectivity index (χ1n) is 6.49. The van der Waals surface area contributed by atoms with Crippen LogP contribution in [0.1, 0.15) is 10.5 Å². The summed E-state index contributed by atoms with van der Waals surface area (Å²) in [5.74, 6) is -1.02. The number of benzene rings is 2. The number of fused-ring (bicyclic) bond motifs is 1. The summed E-state index contributed by atoms with van der Waals surface area (Å²) in [5, 5.41) is 12.9. The molecule has 3 rings (SSSR count). The summed E-state index contributed by atoms with van der Waals surface area (Å²) in [6.07, 6.45) is 1.44. The van der Waals surface area contributed by atoms with E-state index in [4.69, 9.17) is 5.73 Å². The number of nitrogens with zero attached hydrogens (tertiary/aromatic N) is 1. The van der Waals surface area contributed by atoms with Crippen molar-refractivity contribution in [2.45, 2.75) is 0 Å². The fourth-order valence-electron chi connectivity index (χ4n) is 2.23. The molecular weight excluding hydrogens is 285 g/mol. The van der Waals surface area contributed by atoms with E-state index in [9.17, 15) is 14.3 Å². The second kappa shape index (κ2) is 5.33. The minimum atomic E-state index is -0.538. The quantitative estimate of drug-likeness (QED) is 0.635. The van der Waals surface area contributed by atoms with Crippen LogP contribution in [0.2, 0.25) is 0 Å². The van der Waals surface area contributed by atoms with Crippen LogP contribution in [0.25, 0.3) is 10.8 Å². The number of halogens is 1. The average molecular weight is 297 g/mol. The van der Waals surface area contributed by atoms with Gasteiger partial charge in [-0.25, -0.2) is 4.39 Å². The molecule has 0 aliphatic carbocycles. The molecule has 0 unspecified atom stereocenters. The van der Waals surface area contributed by atoms with Crippen molar-refractivity contribution in [1.29, 1.82) is 0 Å². The molecule has 0 radical (unpaired) electrons. The van der Waals surface area contributed by atoms with Crippen LogP contribution >= 0.6 is 0 Å². The molecule has 1 aromatic heterocycles. The Morgan fingerprint density at radius 1 is 1.18 bits per heavy atom. The Morgan fingerprint density at radius 3 is 2.77 bits per heavy atom. The van der Waals surface area contributed by atoms with Gasteiger partial charge in [0.1, 0.15) is 17.3 Å². The van der Waals surface area contributed by atoms with Crippen LogP contribution in [0.5, 0.6) is 5.75 Å². The minimum Gasteiger partial charge on any atom is -0.508 e. The second-order valence-corrected chi connectivity index (χ2v) is 4.75. The number of aromatic nitrogens is 1. The van der Waals surface area contributed by atoms with Gasteiger partial charge >= 0.3 is 0 Å². The zero-order valence-electron chi connectivity index (χ0n) is 11.4. The van der Waals surface area contributed by atoms with E-state index in [1.807, 2.05) is 0 Å². The maximum absolute atomic E-state index is 13.5. The number of carbonyl (C=O) groups excluding carboxylic acids is 1. The monoisotopic (exact) mass is 297 g/mol. The van der Waals surface area contributed by atoms with Crippen molar-refractivity contribution < 1.29 is 14.3 Å². The third kappa shape index (κ3) is 2.54. The Hall–Kier alpha value is -3.15. The first kappa shape index (κ1) is 13.8. The first-order chi connectivity index (χ1) is 10.5. The third-order valence-corrected chi connectivity index (χ3v) is 3.20. The van der Waals surface area contributed by atoms with Gasteiger partial charge in [-0.15, -0.1) is 0 Å². The lowest BCUT2D eigenvalue weighted by atomic mass is 10.1. The van der Waals surface area contributed by atoms with Crippen molar-refractivity contribution in [2.24, 2.45) is 0 Å². The Morgan fingerprint density at radius 2 is 2.00 bits per heavy atom. The molecule has 0 saturated heterocycles. The highest BCUT2D eigenvalue weighted by atomic mass is 19.1. The van der Waals surface area contributed by atoms with Gasteiger partial charge in [0, 0.05) is 34.4 Å². The molecule has 3 aromatic rings. The molecular formula is C16H12FN3O2. The zero-order chi connectivity index (χ0) is 15.7. The number of anilines is 2. The number of amides is 1. The number of carbonyl (C=O) groups is 1. The van der Waals surface area contributed by atoms with E-state index in [0.717, 1.165) is 0 Å². The van der Waals surface area contributed by atoms with Gasteiger partial charge in [-0.1, -0.05) is 6.07 Å². The summed E-state index contributed by atoms with van der Waals surface area (Å²) >= 11 is 0. The lowest BCUT2D eigenvalue weighted by molar-refractivity contribution is 0.102. The summed E-state index contributed by atoms with van der Waals surface area (Å²) in [6.45, 7) is 0.